The van der Waals surface area contributed by atoms with E-state index in [4.69, 9.17) is 5.11 Å². The third-order valence-electron chi connectivity index (χ3n) is 4.33. The summed E-state index contributed by atoms with van der Waals surface area (Å²) in [5, 5.41) is 12.2. The van der Waals surface area contributed by atoms with Gasteiger partial charge in [-0.15, -0.1) is 0 Å². The van der Waals surface area contributed by atoms with E-state index in [1.165, 1.54) is 24.8 Å². The van der Waals surface area contributed by atoms with Crippen LogP contribution in [0, 0.1) is 11.8 Å². The maximum atomic E-state index is 11.1. The molecule has 1 heterocycles. The first-order valence-corrected chi connectivity index (χ1v) is 7.95. The van der Waals surface area contributed by atoms with Crippen molar-refractivity contribution >= 4 is 5.97 Å². The number of carbonyl (C=O) groups is 1. The summed E-state index contributed by atoms with van der Waals surface area (Å²) in [6.07, 6.45) is 8.53. The van der Waals surface area contributed by atoms with E-state index in [-0.39, 0.29) is 5.92 Å². The lowest BCUT2D eigenvalue weighted by atomic mass is 10.0. The zero-order valence-corrected chi connectivity index (χ0v) is 13.0. The van der Waals surface area contributed by atoms with Gasteiger partial charge in [0.25, 0.3) is 0 Å². The Balaban J connectivity index is 1.58. The van der Waals surface area contributed by atoms with Gasteiger partial charge < -0.3 is 10.4 Å². The van der Waals surface area contributed by atoms with Crippen molar-refractivity contribution < 1.29 is 9.90 Å². The minimum absolute atomic E-state index is 0.126. The van der Waals surface area contributed by atoms with Gasteiger partial charge in [-0.1, -0.05) is 26.3 Å². The molecule has 3 unspecified atom stereocenters. The number of nitrogens with one attached hydrogen (secondary N) is 1. The van der Waals surface area contributed by atoms with Gasteiger partial charge in [0.15, 0.2) is 0 Å². The second-order valence-corrected chi connectivity index (χ2v) is 6.40. The molecule has 4 nitrogen and oxygen atoms in total. The molecule has 0 radical (unpaired) electrons. The van der Waals surface area contributed by atoms with Crippen LogP contribution in [0.1, 0.15) is 51.0 Å². The number of nitrogens with zero attached hydrogens (tertiary/aromatic N) is 1. The fourth-order valence-corrected chi connectivity index (χ4v) is 2.97. The van der Waals surface area contributed by atoms with Gasteiger partial charge in [0, 0.05) is 12.4 Å². The van der Waals surface area contributed by atoms with Crippen LogP contribution < -0.4 is 5.32 Å². The van der Waals surface area contributed by atoms with Crippen LogP contribution in [0.3, 0.4) is 0 Å². The van der Waals surface area contributed by atoms with Crippen molar-refractivity contribution in [2.45, 2.75) is 51.5 Å². The summed E-state index contributed by atoms with van der Waals surface area (Å²) in [7, 11) is 0. The standard InChI is InChI=1S/C17H26N2O2/c1-12(2)16(17(20)21)19-9-4-3-6-13-10-15(13)14-7-5-8-18-11-14/h5,7-8,11-13,15-16,19H,3-4,6,9-10H2,1-2H3,(H,20,21). The molecule has 0 spiro atoms. The van der Waals surface area contributed by atoms with E-state index >= 15 is 0 Å². The van der Waals surface area contributed by atoms with Crippen molar-refractivity contribution in [3.8, 4) is 0 Å². The molecule has 0 bridgehead atoms. The topological polar surface area (TPSA) is 62.2 Å². The van der Waals surface area contributed by atoms with Crippen LogP contribution in [0.25, 0.3) is 0 Å². The van der Waals surface area contributed by atoms with E-state index in [0.29, 0.717) is 5.92 Å². The van der Waals surface area contributed by atoms with Crippen molar-refractivity contribution in [1.29, 1.82) is 0 Å². The van der Waals surface area contributed by atoms with Crippen molar-refractivity contribution in [3.63, 3.8) is 0 Å². The first kappa shape index (κ1) is 16.0. The number of pyridine rings is 1. The molecule has 1 fully saturated rings. The Hall–Kier alpha value is -1.42. The second-order valence-electron chi connectivity index (χ2n) is 6.40. The average molecular weight is 290 g/mol. The van der Waals surface area contributed by atoms with E-state index in [1.54, 1.807) is 0 Å². The molecule has 1 aromatic heterocycles. The normalized spacial score (nSPS) is 22.2. The molecular weight excluding hydrogens is 264 g/mol. The fraction of sp³-hybridized carbons (Fsp3) is 0.647. The molecule has 116 valence electrons. The zero-order valence-electron chi connectivity index (χ0n) is 13.0. The van der Waals surface area contributed by atoms with E-state index in [9.17, 15) is 4.79 Å². The molecule has 1 aliphatic rings. The SMILES string of the molecule is CC(C)C(NCCCCC1CC1c1cccnc1)C(=O)O. The highest BCUT2D eigenvalue weighted by Crippen LogP contribution is 2.49. The lowest BCUT2D eigenvalue weighted by molar-refractivity contribution is -0.140. The van der Waals surface area contributed by atoms with Gasteiger partial charge in [-0.2, -0.15) is 0 Å². The van der Waals surface area contributed by atoms with E-state index < -0.39 is 12.0 Å². The first-order chi connectivity index (χ1) is 10.1. The van der Waals surface area contributed by atoms with Crippen LogP contribution in [-0.4, -0.2) is 28.6 Å². The van der Waals surface area contributed by atoms with E-state index in [2.05, 4.69) is 16.4 Å². The number of carboxylic acids is 1. The van der Waals surface area contributed by atoms with E-state index in [0.717, 1.165) is 18.9 Å². The summed E-state index contributed by atoms with van der Waals surface area (Å²) in [6, 6.07) is 3.75. The number of unbranched alkanes of at least 4 members (excludes halogenated alkanes) is 1. The summed E-state index contributed by atoms with van der Waals surface area (Å²) in [5.74, 6) is 0.883. The number of carboxylic acid groups (broad SMARTS) is 1. The van der Waals surface area contributed by atoms with Crippen LogP contribution in [0.5, 0.6) is 0 Å². The Bertz CT molecular complexity index is 447. The van der Waals surface area contributed by atoms with Gasteiger partial charge in [-0.3, -0.25) is 9.78 Å². The fourth-order valence-electron chi connectivity index (χ4n) is 2.97. The van der Waals surface area contributed by atoms with Gasteiger partial charge in [-0.05, 0) is 55.2 Å². The predicted octanol–water partition coefficient (Wildman–Crippen LogP) is 3.05. The Labute approximate surface area is 127 Å². The Morgan fingerprint density at radius 3 is 2.90 bits per heavy atom. The molecule has 0 amide bonds. The van der Waals surface area contributed by atoms with Crippen molar-refractivity contribution in [2.75, 3.05) is 6.54 Å². The van der Waals surface area contributed by atoms with E-state index in [1.807, 2.05) is 32.3 Å². The Morgan fingerprint density at radius 1 is 1.48 bits per heavy atom. The minimum Gasteiger partial charge on any atom is -0.480 e. The number of rotatable bonds is 9. The van der Waals surface area contributed by atoms with Crippen LogP contribution in [0.2, 0.25) is 0 Å². The van der Waals surface area contributed by atoms with Gasteiger partial charge in [-0.25, -0.2) is 0 Å². The first-order valence-electron chi connectivity index (χ1n) is 7.95. The number of hydrogen-bond donors (Lipinski definition) is 2. The molecule has 3 atom stereocenters. The number of aliphatic carboxylic acids is 1. The molecular formula is C17H26N2O2. The Kier molecular flexibility index (Phi) is 5.74. The lowest BCUT2D eigenvalue weighted by Crippen LogP contribution is -2.41. The third-order valence-corrected chi connectivity index (χ3v) is 4.33. The van der Waals surface area contributed by atoms with Gasteiger partial charge in [0.2, 0.25) is 0 Å². The summed E-state index contributed by atoms with van der Waals surface area (Å²) < 4.78 is 0. The molecule has 1 aromatic rings. The van der Waals surface area contributed by atoms with Crippen LogP contribution in [0.15, 0.2) is 24.5 Å². The van der Waals surface area contributed by atoms with Crippen molar-refractivity contribution in [2.24, 2.45) is 11.8 Å². The summed E-state index contributed by atoms with van der Waals surface area (Å²) in [6.45, 7) is 4.67. The van der Waals surface area contributed by atoms with Gasteiger partial charge >= 0.3 is 5.97 Å². The summed E-state index contributed by atoms with van der Waals surface area (Å²) >= 11 is 0. The van der Waals surface area contributed by atoms with Crippen molar-refractivity contribution in [3.05, 3.63) is 30.1 Å². The van der Waals surface area contributed by atoms with Crippen LogP contribution >= 0.6 is 0 Å². The second kappa shape index (κ2) is 7.55. The molecule has 2 N–H and O–H groups in total. The highest BCUT2D eigenvalue weighted by molar-refractivity contribution is 5.73. The average Bonchev–Trinajstić information content (AvgIpc) is 3.22. The molecule has 0 aromatic carbocycles. The van der Waals surface area contributed by atoms with Gasteiger partial charge in [0.1, 0.15) is 6.04 Å². The molecule has 4 heteroatoms. The molecule has 1 aliphatic carbocycles. The number of aromatic nitrogens is 1. The van der Waals surface area contributed by atoms with Crippen LogP contribution in [0.4, 0.5) is 0 Å². The maximum Gasteiger partial charge on any atom is 0.320 e. The third kappa shape index (κ3) is 4.81. The highest BCUT2D eigenvalue weighted by Gasteiger charge is 2.37. The summed E-state index contributed by atoms with van der Waals surface area (Å²) in [5.41, 5.74) is 1.37. The van der Waals surface area contributed by atoms with Crippen LogP contribution in [-0.2, 0) is 4.79 Å². The number of hydrogen-bond acceptors (Lipinski definition) is 3. The Morgan fingerprint density at radius 2 is 2.29 bits per heavy atom. The minimum atomic E-state index is -0.746. The quantitative estimate of drug-likeness (QED) is 0.686. The largest absolute Gasteiger partial charge is 0.480 e. The maximum absolute atomic E-state index is 11.1. The molecule has 1 saturated carbocycles. The highest BCUT2D eigenvalue weighted by atomic mass is 16.4. The molecule has 2 rings (SSSR count). The molecule has 0 saturated heterocycles. The monoisotopic (exact) mass is 290 g/mol. The zero-order chi connectivity index (χ0) is 15.2. The lowest BCUT2D eigenvalue weighted by Gasteiger charge is -2.17. The molecule has 0 aliphatic heterocycles. The van der Waals surface area contributed by atoms with Crippen molar-refractivity contribution in [1.82, 2.24) is 10.3 Å². The van der Waals surface area contributed by atoms with Gasteiger partial charge in [0.05, 0.1) is 0 Å². The predicted molar refractivity (Wildman–Crippen MR) is 83.2 cm³/mol. The molecule has 21 heavy (non-hydrogen) atoms. The smallest absolute Gasteiger partial charge is 0.320 e. The summed E-state index contributed by atoms with van der Waals surface area (Å²) in [4.78, 5) is 15.2.